The zero-order valence-electron chi connectivity index (χ0n) is 11.1. The Hall–Kier alpha value is -1.40. The zero-order chi connectivity index (χ0) is 14.6. The molecule has 2 rings (SSSR count). The molecule has 3 nitrogen and oxygen atoms in total. The first kappa shape index (κ1) is 15.0. The molecule has 0 saturated carbocycles. The highest BCUT2D eigenvalue weighted by Crippen LogP contribution is 2.20. The van der Waals surface area contributed by atoms with Crippen LogP contribution in [0.2, 0.25) is 0 Å². The third-order valence-electron chi connectivity index (χ3n) is 3.20. The minimum atomic E-state index is -0.792. The number of halogens is 1. The average molecular weight is 381 g/mol. The molecule has 2 aromatic rings. The fourth-order valence-electron chi connectivity index (χ4n) is 1.96. The van der Waals surface area contributed by atoms with Crippen molar-refractivity contribution >= 4 is 28.5 Å². The fraction of sp³-hybridized carbons (Fsp3) is 0.188. The Bertz CT molecular complexity index is 600. The molecule has 2 aromatic carbocycles. The highest BCUT2D eigenvalue weighted by molar-refractivity contribution is 14.1. The van der Waals surface area contributed by atoms with Crippen LogP contribution in [0.3, 0.4) is 0 Å². The molecule has 0 aliphatic rings. The number of amides is 1. The maximum Gasteiger partial charge on any atom is 0.252 e. The van der Waals surface area contributed by atoms with Crippen molar-refractivity contribution < 1.29 is 9.90 Å². The molecule has 0 aromatic heterocycles. The number of aliphatic hydroxyl groups is 1. The van der Waals surface area contributed by atoms with Crippen molar-refractivity contribution in [2.45, 2.75) is 12.5 Å². The molecular formula is C16H16INO2. The number of hydrogen-bond donors (Lipinski definition) is 2. The summed E-state index contributed by atoms with van der Waals surface area (Å²) in [5.74, 6) is -0.191. The maximum atomic E-state index is 12.3. The first-order chi connectivity index (χ1) is 9.55. The standard InChI is InChI=1S/C16H16INO2/c1-16(11-19,13-7-3-2-4-8-13)18-15(20)12-6-5-9-14(17)10-12/h2-10,19H,11H2,1H3,(H,18,20). The lowest BCUT2D eigenvalue weighted by Gasteiger charge is -2.29. The van der Waals surface area contributed by atoms with Crippen LogP contribution in [0.15, 0.2) is 54.6 Å². The number of benzene rings is 2. The second-order valence-electron chi connectivity index (χ2n) is 4.82. The lowest BCUT2D eigenvalue weighted by atomic mass is 9.92. The van der Waals surface area contributed by atoms with Gasteiger partial charge >= 0.3 is 0 Å². The molecule has 0 aliphatic carbocycles. The van der Waals surface area contributed by atoms with Crippen LogP contribution in [0.5, 0.6) is 0 Å². The molecule has 1 unspecified atom stereocenters. The minimum Gasteiger partial charge on any atom is -0.394 e. The number of nitrogens with one attached hydrogen (secondary N) is 1. The predicted octanol–water partition coefficient (Wildman–Crippen LogP) is 2.93. The van der Waals surface area contributed by atoms with Gasteiger partial charge in [-0.05, 0) is 53.3 Å². The van der Waals surface area contributed by atoms with E-state index in [1.165, 1.54) is 0 Å². The van der Waals surface area contributed by atoms with E-state index in [0.717, 1.165) is 9.13 Å². The number of hydrogen-bond acceptors (Lipinski definition) is 2. The lowest BCUT2D eigenvalue weighted by Crippen LogP contribution is -2.46. The second kappa shape index (κ2) is 6.37. The summed E-state index contributed by atoms with van der Waals surface area (Å²) in [7, 11) is 0. The Labute approximate surface area is 132 Å². The van der Waals surface area contributed by atoms with Crippen LogP contribution in [-0.4, -0.2) is 17.6 Å². The predicted molar refractivity (Wildman–Crippen MR) is 87.5 cm³/mol. The SMILES string of the molecule is CC(CO)(NC(=O)c1cccc(I)c1)c1ccccc1. The largest absolute Gasteiger partial charge is 0.394 e. The summed E-state index contributed by atoms with van der Waals surface area (Å²) in [6, 6.07) is 16.8. The molecule has 0 saturated heterocycles. The Morgan fingerprint density at radius 2 is 1.90 bits per heavy atom. The van der Waals surface area contributed by atoms with Crippen LogP contribution in [-0.2, 0) is 5.54 Å². The minimum absolute atomic E-state index is 0.160. The number of aliphatic hydroxyl groups excluding tert-OH is 1. The van der Waals surface area contributed by atoms with Gasteiger partial charge in [0, 0.05) is 9.13 Å². The average Bonchev–Trinajstić information content (AvgIpc) is 2.48. The Morgan fingerprint density at radius 3 is 2.50 bits per heavy atom. The molecule has 0 heterocycles. The van der Waals surface area contributed by atoms with Gasteiger partial charge in [0.2, 0.25) is 0 Å². The van der Waals surface area contributed by atoms with Crippen molar-refractivity contribution in [2.24, 2.45) is 0 Å². The van der Waals surface area contributed by atoms with Crippen molar-refractivity contribution in [3.63, 3.8) is 0 Å². The van der Waals surface area contributed by atoms with E-state index in [0.29, 0.717) is 5.56 Å². The van der Waals surface area contributed by atoms with E-state index in [9.17, 15) is 9.90 Å². The van der Waals surface area contributed by atoms with Gasteiger partial charge in [0.05, 0.1) is 12.1 Å². The van der Waals surface area contributed by atoms with Gasteiger partial charge in [-0.1, -0.05) is 36.4 Å². The molecule has 104 valence electrons. The monoisotopic (exact) mass is 381 g/mol. The fourth-order valence-corrected chi connectivity index (χ4v) is 2.50. The van der Waals surface area contributed by atoms with Gasteiger partial charge in [0.25, 0.3) is 5.91 Å². The van der Waals surface area contributed by atoms with E-state index < -0.39 is 5.54 Å². The highest BCUT2D eigenvalue weighted by atomic mass is 127. The Balaban J connectivity index is 2.24. The second-order valence-corrected chi connectivity index (χ2v) is 6.07. The van der Waals surface area contributed by atoms with E-state index in [4.69, 9.17) is 0 Å². The highest BCUT2D eigenvalue weighted by Gasteiger charge is 2.28. The van der Waals surface area contributed by atoms with E-state index in [-0.39, 0.29) is 12.5 Å². The molecule has 4 heteroatoms. The molecule has 0 bridgehead atoms. The molecular weight excluding hydrogens is 365 g/mol. The number of carbonyl (C=O) groups is 1. The summed E-state index contributed by atoms with van der Waals surface area (Å²) in [4.78, 5) is 12.3. The van der Waals surface area contributed by atoms with Crippen molar-refractivity contribution in [3.05, 3.63) is 69.3 Å². The summed E-state index contributed by atoms with van der Waals surface area (Å²) in [5, 5.41) is 12.6. The summed E-state index contributed by atoms with van der Waals surface area (Å²) < 4.78 is 1.00. The molecule has 1 atom stereocenters. The van der Waals surface area contributed by atoms with Gasteiger partial charge < -0.3 is 10.4 Å². The molecule has 0 radical (unpaired) electrons. The lowest BCUT2D eigenvalue weighted by molar-refractivity contribution is 0.0849. The maximum absolute atomic E-state index is 12.3. The summed E-state index contributed by atoms with van der Waals surface area (Å²) in [6.07, 6.45) is 0. The van der Waals surface area contributed by atoms with Crippen molar-refractivity contribution in [2.75, 3.05) is 6.61 Å². The van der Waals surface area contributed by atoms with Gasteiger partial charge in [-0.25, -0.2) is 0 Å². The van der Waals surface area contributed by atoms with E-state index >= 15 is 0 Å². The number of carbonyl (C=O) groups excluding carboxylic acids is 1. The number of rotatable bonds is 4. The van der Waals surface area contributed by atoms with Gasteiger partial charge in [-0.2, -0.15) is 0 Å². The zero-order valence-corrected chi connectivity index (χ0v) is 13.3. The smallest absolute Gasteiger partial charge is 0.252 e. The third-order valence-corrected chi connectivity index (χ3v) is 3.87. The van der Waals surface area contributed by atoms with Crippen LogP contribution in [0.1, 0.15) is 22.8 Å². The van der Waals surface area contributed by atoms with Crippen LogP contribution < -0.4 is 5.32 Å². The Kier molecular flexibility index (Phi) is 4.77. The molecule has 0 fully saturated rings. The molecule has 1 amide bonds. The molecule has 20 heavy (non-hydrogen) atoms. The normalized spacial score (nSPS) is 13.6. The van der Waals surface area contributed by atoms with Crippen molar-refractivity contribution in [1.29, 1.82) is 0 Å². The summed E-state index contributed by atoms with van der Waals surface area (Å²) in [5.41, 5.74) is 0.675. The summed E-state index contributed by atoms with van der Waals surface area (Å²) >= 11 is 2.17. The quantitative estimate of drug-likeness (QED) is 0.801. The third kappa shape index (κ3) is 3.37. The van der Waals surface area contributed by atoms with Crippen LogP contribution >= 0.6 is 22.6 Å². The molecule has 2 N–H and O–H groups in total. The van der Waals surface area contributed by atoms with Gasteiger partial charge in [0.15, 0.2) is 0 Å². The van der Waals surface area contributed by atoms with Crippen molar-refractivity contribution in [3.8, 4) is 0 Å². The van der Waals surface area contributed by atoms with Crippen LogP contribution in [0.4, 0.5) is 0 Å². The van der Waals surface area contributed by atoms with Crippen LogP contribution in [0, 0.1) is 3.57 Å². The van der Waals surface area contributed by atoms with Gasteiger partial charge in [-0.15, -0.1) is 0 Å². The topological polar surface area (TPSA) is 49.3 Å². The van der Waals surface area contributed by atoms with Crippen LogP contribution in [0.25, 0.3) is 0 Å². The van der Waals surface area contributed by atoms with Gasteiger partial charge in [-0.3, -0.25) is 4.79 Å². The first-order valence-electron chi connectivity index (χ1n) is 6.29. The Morgan fingerprint density at radius 1 is 1.20 bits per heavy atom. The van der Waals surface area contributed by atoms with Gasteiger partial charge in [0.1, 0.15) is 0 Å². The van der Waals surface area contributed by atoms with E-state index in [1.54, 1.807) is 6.07 Å². The molecule has 0 spiro atoms. The van der Waals surface area contributed by atoms with E-state index in [2.05, 4.69) is 27.9 Å². The first-order valence-corrected chi connectivity index (χ1v) is 7.37. The van der Waals surface area contributed by atoms with Crippen molar-refractivity contribution in [1.82, 2.24) is 5.32 Å². The van der Waals surface area contributed by atoms with E-state index in [1.807, 2.05) is 55.5 Å². The molecule has 0 aliphatic heterocycles. The summed E-state index contributed by atoms with van der Waals surface area (Å²) in [6.45, 7) is 1.65.